The molecule has 1 aliphatic carbocycles. The fourth-order valence-corrected chi connectivity index (χ4v) is 2.93. The zero-order valence-electron chi connectivity index (χ0n) is 11.5. The van der Waals surface area contributed by atoms with Crippen molar-refractivity contribution in [2.75, 3.05) is 0 Å². The Morgan fingerprint density at radius 3 is 2.70 bits per heavy atom. The first-order valence-corrected chi connectivity index (χ1v) is 7.15. The Labute approximate surface area is 118 Å². The van der Waals surface area contributed by atoms with Crippen LogP contribution in [0.5, 0.6) is 0 Å². The van der Waals surface area contributed by atoms with E-state index in [4.69, 9.17) is 5.73 Å². The number of hydrogen-bond donors (Lipinski definition) is 2. The summed E-state index contributed by atoms with van der Waals surface area (Å²) in [6.45, 7) is 0.547. The molecule has 0 unspecified atom stereocenters. The molecule has 1 aliphatic rings. The summed E-state index contributed by atoms with van der Waals surface area (Å²) in [6.07, 6.45) is 4.85. The molecule has 0 atom stereocenters. The maximum atomic E-state index is 11.8. The van der Waals surface area contributed by atoms with E-state index in [0.717, 1.165) is 54.5 Å². The Morgan fingerprint density at radius 1 is 1.15 bits per heavy atom. The van der Waals surface area contributed by atoms with Crippen molar-refractivity contribution in [3.05, 3.63) is 62.6 Å². The van der Waals surface area contributed by atoms with Gasteiger partial charge in [-0.3, -0.25) is 4.79 Å². The van der Waals surface area contributed by atoms with E-state index in [-0.39, 0.29) is 5.56 Å². The third-order valence-electron chi connectivity index (χ3n) is 3.98. The molecule has 0 saturated heterocycles. The highest BCUT2D eigenvalue weighted by molar-refractivity contribution is 5.34. The van der Waals surface area contributed by atoms with Crippen molar-refractivity contribution in [2.45, 2.75) is 38.6 Å². The number of nitrogens with two attached hydrogens (primary N) is 1. The van der Waals surface area contributed by atoms with E-state index in [2.05, 4.69) is 22.3 Å². The SMILES string of the molecule is NCc1cccc(Cc2n[nH]c(=O)c3c2CCCC3)c1. The molecule has 0 aliphatic heterocycles. The molecule has 0 radical (unpaired) electrons. The Morgan fingerprint density at radius 2 is 1.90 bits per heavy atom. The quantitative estimate of drug-likeness (QED) is 0.890. The van der Waals surface area contributed by atoms with Gasteiger partial charge in [0, 0.05) is 18.5 Å². The van der Waals surface area contributed by atoms with Gasteiger partial charge in [-0.15, -0.1) is 0 Å². The van der Waals surface area contributed by atoms with E-state index in [1.807, 2.05) is 12.1 Å². The maximum Gasteiger partial charge on any atom is 0.267 e. The van der Waals surface area contributed by atoms with E-state index >= 15 is 0 Å². The molecule has 1 aromatic heterocycles. The van der Waals surface area contributed by atoms with Crippen molar-refractivity contribution < 1.29 is 0 Å². The van der Waals surface area contributed by atoms with Crippen LogP contribution in [0.4, 0.5) is 0 Å². The highest BCUT2D eigenvalue weighted by Crippen LogP contribution is 2.22. The van der Waals surface area contributed by atoms with Gasteiger partial charge in [-0.25, -0.2) is 5.10 Å². The van der Waals surface area contributed by atoms with Gasteiger partial charge in [-0.2, -0.15) is 5.10 Å². The van der Waals surface area contributed by atoms with Gasteiger partial charge in [-0.1, -0.05) is 24.3 Å². The standard InChI is InChI=1S/C16H19N3O/c17-10-12-5-3-4-11(8-12)9-15-13-6-1-2-7-14(13)16(20)19-18-15/h3-5,8H,1-2,6-7,9-10,17H2,(H,19,20). The zero-order valence-corrected chi connectivity index (χ0v) is 11.5. The second kappa shape index (κ2) is 5.59. The minimum atomic E-state index is -0.0147. The van der Waals surface area contributed by atoms with Crippen molar-refractivity contribution in [1.29, 1.82) is 0 Å². The van der Waals surface area contributed by atoms with Crippen LogP contribution in [-0.2, 0) is 25.8 Å². The molecule has 4 nitrogen and oxygen atoms in total. The summed E-state index contributed by atoms with van der Waals surface area (Å²) in [4.78, 5) is 11.8. The van der Waals surface area contributed by atoms with E-state index in [1.54, 1.807) is 0 Å². The van der Waals surface area contributed by atoms with Crippen LogP contribution >= 0.6 is 0 Å². The summed E-state index contributed by atoms with van der Waals surface area (Å²) in [6, 6.07) is 8.25. The Balaban J connectivity index is 1.96. The highest BCUT2D eigenvalue weighted by atomic mass is 16.1. The zero-order chi connectivity index (χ0) is 13.9. The summed E-state index contributed by atoms with van der Waals surface area (Å²) in [7, 11) is 0. The average Bonchev–Trinajstić information content (AvgIpc) is 2.51. The fourth-order valence-electron chi connectivity index (χ4n) is 2.93. The number of aromatic nitrogens is 2. The molecule has 4 heteroatoms. The van der Waals surface area contributed by atoms with Crippen LogP contribution in [0.25, 0.3) is 0 Å². The van der Waals surface area contributed by atoms with Crippen LogP contribution < -0.4 is 11.3 Å². The van der Waals surface area contributed by atoms with Crippen LogP contribution in [-0.4, -0.2) is 10.2 Å². The summed E-state index contributed by atoms with van der Waals surface area (Å²) >= 11 is 0. The molecule has 20 heavy (non-hydrogen) atoms. The van der Waals surface area contributed by atoms with E-state index in [1.165, 1.54) is 5.56 Å². The van der Waals surface area contributed by atoms with Gasteiger partial charge in [0.1, 0.15) is 0 Å². The smallest absolute Gasteiger partial charge is 0.267 e. The monoisotopic (exact) mass is 269 g/mol. The molecule has 0 amide bonds. The molecule has 0 fully saturated rings. The number of aromatic amines is 1. The number of nitrogens with zero attached hydrogens (tertiary/aromatic N) is 1. The van der Waals surface area contributed by atoms with Gasteiger partial charge < -0.3 is 5.73 Å². The number of hydrogen-bond acceptors (Lipinski definition) is 3. The summed E-state index contributed by atoms with van der Waals surface area (Å²) < 4.78 is 0. The number of nitrogens with one attached hydrogen (secondary N) is 1. The largest absolute Gasteiger partial charge is 0.326 e. The summed E-state index contributed by atoms with van der Waals surface area (Å²) in [5, 5.41) is 6.92. The molecule has 0 spiro atoms. The molecule has 104 valence electrons. The molecule has 3 N–H and O–H groups in total. The van der Waals surface area contributed by atoms with Gasteiger partial charge >= 0.3 is 0 Å². The average molecular weight is 269 g/mol. The Kier molecular flexibility index (Phi) is 3.65. The minimum absolute atomic E-state index is 0.0147. The van der Waals surface area contributed by atoms with E-state index in [9.17, 15) is 4.79 Å². The molecular weight excluding hydrogens is 250 g/mol. The third-order valence-corrected chi connectivity index (χ3v) is 3.98. The fraction of sp³-hybridized carbons (Fsp3) is 0.375. The number of fused-ring (bicyclic) bond motifs is 1. The first-order chi connectivity index (χ1) is 9.78. The lowest BCUT2D eigenvalue weighted by Crippen LogP contribution is -2.23. The lowest BCUT2D eigenvalue weighted by atomic mass is 9.90. The molecule has 3 rings (SSSR count). The number of H-pyrrole nitrogens is 1. The normalized spacial score (nSPS) is 14.1. The first kappa shape index (κ1) is 13.1. The lowest BCUT2D eigenvalue weighted by molar-refractivity contribution is 0.655. The van der Waals surface area contributed by atoms with Crippen LogP contribution in [0.3, 0.4) is 0 Å². The van der Waals surface area contributed by atoms with Gasteiger partial charge in [0.25, 0.3) is 5.56 Å². The van der Waals surface area contributed by atoms with Crippen LogP contribution in [0.1, 0.15) is 40.8 Å². The first-order valence-electron chi connectivity index (χ1n) is 7.15. The molecular formula is C16H19N3O. The Bertz CT molecular complexity index is 676. The summed E-state index contributed by atoms with van der Waals surface area (Å²) in [5.74, 6) is 0. The maximum absolute atomic E-state index is 11.8. The van der Waals surface area contributed by atoms with E-state index in [0.29, 0.717) is 6.54 Å². The topological polar surface area (TPSA) is 71.8 Å². The Hall–Kier alpha value is -1.94. The second-order valence-electron chi connectivity index (χ2n) is 5.36. The second-order valence-corrected chi connectivity index (χ2v) is 5.36. The van der Waals surface area contributed by atoms with Crippen molar-refractivity contribution >= 4 is 0 Å². The van der Waals surface area contributed by atoms with E-state index < -0.39 is 0 Å². The van der Waals surface area contributed by atoms with Crippen molar-refractivity contribution in [3.63, 3.8) is 0 Å². The van der Waals surface area contributed by atoms with Crippen LogP contribution in [0, 0.1) is 0 Å². The van der Waals surface area contributed by atoms with Crippen LogP contribution in [0.15, 0.2) is 29.1 Å². The minimum Gasteiger partial charge on any atom is -0.326 e. The number of benzene rings is 1. The van der Waals surface area contributed by atoms with Gasteiger partial charge in [-0.05, 0) is 42.4 Å². The third kappa shape index (κ3) is 2.51. The van der Waals surface area contributed by atoms with Gasteiger partial charge in [0.15, 0.2) is 0 Å². The lowest BCUT2D eigenvalue weighted by Gasteiger charge is -2.17. The van der Waals surface area contributed by atoms with Crippen molar-refractivity contribution in [3.8, 4) is 0 Å². The van der Waals surface area contributed by atoms with Gasteiger partial charge in [0.2, 0.25) is 0 Å². The van der Waals surface area contributed by atoms with Crippen LogP contribution in [0.2, 0.25) is 0 Å². The predicted octanol–water partition coefficient (Wildman–Crippen LogP) is 1.70. The molecule has 1 heterocycles. The van der Waals surface area contributed by atoms with Crippen molar-refractivity contribution in [1.82, 2.24) is 10.2 Å². The number of rotatable bonds is 3. The molecule has 2 aromatic rings. The molecule has 0 bridgehead atoms. The highest BCUT2D eigenvalue weighted by Gasteiger charge is 2.17. The molecule has 0 saturated carbocycles. The summed E-state index contributed by atoms with van der Waals surface area (Å²) in [5.41, 5.74) is 11.1. The molecule has 1 aromatic carbocycles. The van der Waals surface area contributed by atoms with Crippen molar-refractivity contribution in [2.24, 2.45) is 5.73 Å². The van der Waals surface area contributed by atoms with Gasteiger partial charge in [0.05, 0.1) is 5.69 Å². The predicted molar refractivity (Wildman–Crippen MR) is 78.6 cm³/mol.